The molecule has 0 aliphatic heterocycles. The van der Waals surface area contributed by atoms with Crippen LogP contribution in [-0.2, 0) is 9.63 Å². The highest BCUT2D eigenvalue weighted by molar-refractivity contribution is 6.35. The van der Waals surface area contributed by atoms with Gasteiger partial charge in [-0.3, -0.25) is 0 Å². The van der Waals surface area contributed by atoms with Crippen molar-refractivity contribution < 1.29 is 14.4 Å². The van der Waals surface area contributed by atoms with Crippen LogP contribution in [0, 0.1) is 0 Å². The zero-order valence-electron chi connectivity index (χ0n) is 9.65. The molecule has 0 spiro atoms. The summed E-state index contributed by atoms with van der Waals surface area (Å²) < 4.78 is 5.28. The van der Waals surface area contributed by atoms with Crippen LogP contribution in [0.1, 0.15) is 13.3 Å². The second-order valence-electron chi connectivity index (χ2n) is 3.26. The number of benzene rings is 1. The van der Waals surface area contributed by atoms with Gasteiger partial charge in [0.05, 0.1) is 5.02 Å². The average molecular weight is 291 g/mol. The summed E-state index contributed by atoms with van der Waals surface area (Å²) in [5.74, 6) is -0.0219. The molecular formula is C11H12Cl2N2O3. The fourth-order valence-corrected chi connectivity index (χ4v) is 1.41. The van der Waals surface area contributed by atoms with Gasteiger partial charge in [0.15, 0.2) is 5.84 Å². The summed E-state index contributed by atoms with van der Waals surface area (Å²) >= 11 is 11.6. The zero-order valence-corrected chi connectivity index (χ0v) is 11.2. The third-order valence-corrected chi connectivity index (χ3v) is 2.35. The van der Waals surface area contributed by atoms with Crippen LogP contribution in [0.25, 0.3) is 0 Å². The summed E-state index contributed by atoms with van der Waals surface area (Å²) in [5, 5.41) is 4.28. The van der Waals surface area contributed by atoms with Gasteiger partial charge >= 0.3 is 5.97 Å². The summed E-state index contributed by atoms with van der Waals surface area (Å²) in [6.45, 7) is 1.61. The number of oxime groups is 1. The lowest BCUT2D eigenvalue weighted by Crippen LogP contribution is -2.22. The van der Waals surface area contributed by atoms with Crippen LogP contribution in [-0.4, -0.2) is 18.4 Å². The predicted molar refractivity (Wildman–Crippen MR) is 70.0 cm³/mol. The van der Waals surface area contributed by atoms with Crippen LogP contribution in [0.3, 0.4) is 0 Å². The Bertz CT molecular complexity index is 464. The normalized spacial score (nSPS) is 11.2. The van der Waals surface area contributed by atoms with E-state index >= 15 is 0 Å². The monoisotopic (exact) mass is 290 g/mol. The fourth-order valence-electron chi connectivity index (χ4n) is 0.944. The lowest BCUT2D eigenvalue weighted by Gasteiger charge is -2.07. The Hall–Kier alpha value is -1.46. The molecule has 7 heteroatoms. The van der Waals surface area contributed by atoms with E-state index in [1.165, 1.54) is 0 Å². The first kappa shape index (κ1) is 14.6. The molecule has 0 aliphatic rings. The highest BCUT2D eigenvalue weighted by Crippen LogP contribution is 2.27. The number of carbonyl (C=O) groups excluding carboxylic acids is 1. The van der Waals surface area contributed by atoms with Crippen molar-refractivity contribution in [2.24, 2.45) is 10.9 Å². The van der Waals surface area contributed by atoms with Gasteiger partial charge in [0.2, 0.25) is 0 Å². The van der Waals surface area contributed by atoms with Gasteiger partial charge in [0.1, 0.15) is 12.4 Å². The molecule has 1 rings (SSSR count). The molecule has 0 aromatic heterocycles. The maximum absolute atomic E-state index is 10.8. The third-order valence-electron chi connectivity index (χ3n) is 1.82. The lowest BCUT2D eigenvalue weighted by molar-refractivity contribution is -0.143. The molecule has 0 saturated heterocycles. The summed E-state index contributed by atoms with van der Waals surface area (Å²) in [6.07, 6.45) is 0.223. The Kier molecular flexibility index (Phi) is 5.74. The molecular weight excluding hydrogens is 279 g/mol. The molecule has 2 N–H and O–H groups in total. The van der Waals surface area contributed by atoms with Crippen LogP contribution in [0.5, 0.6) is 5.75 Å². The molecule has 1 aromatic carbocycles. The first-order valence-corrected chi connectivity index (χ1v) is 5.88. The molecule has 5 nitrogen and oxygen atoms in total. The van der Waals surface area contributed by atoms with Crippen LogP contribution >= 0.6 is 23.2 Å². The van der Waals surface area contributed by atoms with Gasteiger partial charge in [0.25, 0.3) is 0 Å². The van der Waals surface area contributed by atoms with Gasteiger partial charge in [-0.25, -0.2) is 4.79 Å². The summed E-state index contributed by atoms with van der Waals surface area (Å²) in [7, 11) is 0. The van der Waals surface area contributed by atoms with E-state index in [-0.39, 0.29) is 18.9 Å². The Morgan fingerprint density at radius 2 is 2.17 bits per heavy atom. The molecule has 0 aliphatic carbocycles. The largest absolute Gasteiger partial charge is 0.484 e. The van der Waals surface area contributed by atoms with Gasteiger partial charge in [-0.1, -0.05) is 35.3 Å². The van der Waals surface area contributed by atoms with E-state index in [1.807, 2.05) is 0 Å². The van der Waals surface area contributed by atoms with Crippen LogP contribution in [0.4, 0.5) is 0 Å². The van der Waals surface area contributed by atoms with E-state index in [9.17, 15) is 4.79 Å². The topological polar surface area (TPSA) is 73.9 Å². The molecule has 0 bridgehead atoms. The molecule has 0 amide bonds. The number of ether oxygens (including phenoxy) is 1. The molecule has 18 heavy (non-hydrogen) atoms. The number of hydrogen-bond donors (Lipinski definition) is 1. The number of nitrogens with two attached hydrogens (primary N) is 1. The summed E-state index contributed by atoms with van der Waals surface area (Å²) in [4.78, 5) is 15.3. The predicted octanol–water partition coefficient (Wildman–Crippen LogP) is 2.60. The van der Waals surface area contributed by atoms with Crippen molar-refractivity contribution >= 4 is 35.0 Å². The van der Waals surface area contributed by atoms with Crippen LogP contribution in [0.2, 0.25) is 10.0 Å². The second kappa shape index (κ2) is 7.08. The van der Waals surface area contributed by atoms with Crippen molar-refractivity contribution in [3.63, 3.8) is 0 Å². The number of amidine groups is 1. The molecule has 0 unspecified atom stereocenters. The van der Waals surface area contributed by atoms with E-state index < -0.39 is 5.97 Å². The fraction of sp³-hybridized carbons (Fsp3) is 0.273. The second-order valence-corrected chi connectivity index (χ2v) is 4.11. The van der Waals surface area contributed by atoms with Crippen molar-refractivity contribution in [2.45, 2.75) is 13.3 Å². The summed E-state index contributed by atoms with van der Waals surface area (Å²) in [6, 6.07) is 4.78. The third kappa shape index (κ3) is 4.81. The number of nitrogens with zero attached hydrogens (tertiary/aromatic N) is 1. The number of halogens is 2. The maximum Gasteiger partial charge on any atom is 0.334 e. The molecule has 0 heterocycles. The Balaban J connectivity index is 2.51. The Labute approximate surface area is 114 Å². The van der Waals surface area contributed by atoms with Crippen molar-refractivity contribution in [3.05, 3.63) is 28.2 Å². The van der Waals surface area contributed by atoms with E-state index in [4.69, 9.17) is 33.7 Å². The van der Waals surface area contributed by atoms with E-state index in [1.54, 1.807) is 25.1 Å². The van der Waals surface area contributed by atoms with Crippen molar-refractivity contribution in [1.82, 2.24) is 0 Å². The molecule has 0 fully saturated rings. The van der Waals surface area contributed by atoms with E-state index in [0.29, 0.717) is 15.8 Å². The Morgan fingerprint density at radius 3 is 2.78 bits per heavy atom. The number of rotatable bonds is 5. The number of hydrogen-bond acceptors (Lipinski definition) is 4. The molecule has 1 aromatic rings. The van der Waals surface area contributed by atoms with Crippen LogP contribution in [0.15, 0.2) is 23.4 Å². The molecule has 98 valence electrons. The van der Waals surface area contributed by atoms with Gasteiger partial charge in [-0.05, 0) is 18.2 Å². The van der Waals surface area contributed by atoms with Crippen LogP contribution < -0.4 is 10.5 Å². The minimum absolute atomic E-state index is 0.0304. The maximum atomic E-state index is 10.8. The highest BCUT2D eigenvalue weighted by atomic mass is 35.5. The molecule has 0 radical (unpaired) electrons. The first-order valence-electron chi connectivity index (χ1n) is 5.13. The SMILES string of the molecule is CCC(=O)O/N=C(\N)COc1ccc(Cl)cc1Cl. The van der Waals surface area contributed by atoms with Gasteiger partial charge in [-0.15, -0.1) is 0 Å². The van der Waals surface area contributed by atoms with Gasteiger partial charge in [-0.2, -0.15) is 0 Å². The van der Waals surface area contributed by atoms with Crippen molar-refractivity contribution in [3.8, 4) is 5.75 Å². The van der Waals surface area contributed by atoms with Gasteiger partial charge in [0, 0.05) is 11.4 Å². The van der Waals surface area contributed by atoms with E-state index in [0.717, 1.165) is 0 Å². The molecule has 0 saturated carbocycles. The minimum Gasteiger partial charge on any atom is -0.484 e. The Morgan fingerprint density at radius 1 is 1.44 bits per heavy atom. The highest BCUT2D eigenvalue weighted by Gasteiger charge is 2.04. The van der Waals surface area contributed by atoms with Gasteiger partial charge < -0.3 is 15.3 Å². The first-order chi connectivity index (χ1) is 8.52. The quantitative estimate of drug-likeness (QED) is 0.391. The smallest absolute Gasteiger partial charge is 0.334 e. The van der Waals surface area contributed by atoms with E-state index in [2.05, 4.69) is 9.99 Å². The minimum atomic E-state index is -0.470. The average Bonchev–Trinajstić information content (AvgIpc) is 2.34. The lowest BCUT2D eigenvalue weighted by atomic mass is 10.3. The zero-order chi connectivity index (χ0) is 13.5. The molecule has 0 atom stereocenters. The number of carbonyl (C=O) groups is 1. The van der Waals surface area contributed by atoms with Crippen molar-refractivity contribution in [1.29, 1.82) is 0 Å². The summed E-state index contributed by atoms with van der Waals surface area (Å²) in [5.41, 5.74) is 5.48. The standard InChI is InChI=1S/C11H12Cl2N2O3/c1-2-11(16)18-15-10(14)6-17-9-4-3-7(12)5-8(9)13/h3-5H,2,6H2,1H3,(H2,14,15). The van der Waals surface area contributed by atoms with Crippen molar-refractivity contribution in [2.75, 3.05) is 6.61 Å².